The number of nitro groups is 1. The molecule has 1 heterocycles. The Bertz CT molecular complexity index is 1120. The molecule has 0 saturated heterocycles. The molecule has 0 fully saturated rings. The molecule has 1 amide bonds. The number of carbonyl (C=O) groups is 2. The van der Waals surface area contributed by atoms with Gasteiger partial charge >= 0.3 is 5.97 Å². The standard InChI is InChI=1S/C21H19N3O5/c1-12(2)18-10-16(15-5-3-4-6-17(15)23-18)21(26)29-11-14-8-7-13(20(22)25)9-19(14)24(27)28/h3-10,12H,11H2,1-2H3,(H2,22,25). The molecule has 0 spiro atoms. The van der Waals surface area contributed by atoms with Gasteiger partial charge in [0.25, 0.3) is 5.69 Å². The fourth-order valence-electron chi connectivity index (χ4n) is 2.89. The molecule has 8 nitrogen and oxygen atoms in total. The number of hydrogen-bond donors (Lipinski definition) is 1. The topological polar surface area (TPSA) is 125 Å². The first kappa shape index (κ1) is 19.9. The second-order valence-electron chi connectivity index (χ2n) is 6.81. The molecule has 2 aromatic carbocycles. The van der Waals surface area contributed by atoms with Crippen molar-refractivity contribution >= 4 is 28.5 Å². The van der Waals surface area contributed by atoms with Gasteiger partial charge in [-0.3, -0.25) is 19.9 Å². The summed E-state index contributed by atoms with van der Waals surface area (Å²) in [5, 5.41) is 11.9. The van der Waals surface area contributed by atoms with Crippen LogP contribution in [0.15, 0.2) is 48.5 Å². The highest BCUT2D eigenvalue weighted by atomic mass is 16.6. The van der Waals surface area contributed by atoms with E-state index in [1.54, 1.807) is 18.2 Å². The molecule has 3 rings (SSSR count). The molecule has 0 unspecified atom stereocenters. The van der Waals surface area contributed by atoms with Crippen molar-refractivity contribution in [3.8, 4) is 0 Å². The van der Waals surface area contributed by atoms with E-state index in [1.165, 1.54) is 12.1 Å². The summed E-state index contributed by atoms with van der Waals surface area (Å²) >= 11 is 0. The van der Waals surface area contributed by atoms with Gasteiger partial charge in [-0.15, -0.1) is 0 Å². The SMILES string of the molecule is CC(C)c1cc(C(=O)OCc2ccc(C(N)=O)cc2[N+](=O)[O-])c2ccccc2n1. The van der Waals surface area contributed by atoms with Crippen LogP contribution in [0.4, 0.5) is 5.69 Å². The number of amides is 1. The Hall–Kier alpha value is -3.81. The summed E-state index contributed by atoms with van der Waals surface area (Å²) in [6, 6.07) is 12.7. The van der Waals surface area contributed by atoms with Crippen LogP contribution in [0.25, 0.3) is 10.9 Å². The predicted octanol–water partition coefficient (Wildman–Crippen LogP) is 3.72. The summed E-state index contributed by atoms with van der Waals surface area (Å²) in [5.41, 5.74) is 6.76. The third kappa shape index (κ3) is 4.21. The van der Waals surface area contributed by atoms with Crippen LogP contribution in [-0.4, -0.2) is 21.8 Å². The van der Waals surface area contributed by atoms with Crippen LogP contribution < -0.4 is 5.73 Å². The van der Waals surface area contributed by atoms with Crippen molar-refractivity contribution in [2.75, 3.05) is 0 Å². The summed E-state index contributed by atoms with van der Waals surface area (Å²) in [7, 11) is 0. The average Bonchev–Trinajstić information content (AvgIpc) is 2.70. The van der Waals surface area contributed by atoms with Gasteiger partial charge in [-0.2, -0.15) is 0 Å². The maximum absolute atomic E-state index is 12.8. The minimum Gasteiger partial charge on any atom is -0.457 e. The number of nitrogens with zero attached hydrogens (tertiary/aromatic N) is 2. The van der Waals surface area contributed by atoms with Gasteiger partial charge in [0.05, 0.1) is 21.6 Å². The molecular formula is C21H19N3O5. The zero-order chi connectivity index (χ0) is 21.1. The molecule has 0 atom stereocenters. The first-order valence-electron chi connectivity index (χ1n) is 8.92. The monoisotopic (exact) mass is 393 g/mol. The van der Waals surface area contributed by atoms with Crippen LogP contribution in [-0.2, 0) is 11.3 Å². The Labute approximate surface area is 166 Å². The van der Waals surface area contributed by atoms with Gasteiger partial charge in [0.2, 0.25) is 5.91 Å². The molecule has 0 aliphatic carbocycles. The molecule has 2 N–H and O–H groups in total. The number of esters is 1. The highest BCUT2D eigenvalue weighted by Crippen LogP contribution is 2.25. The summed E-state index contributed by atoms with van der Waals surface area (Å²) in [6.07, 6.45) is 0. The van der Waals surface area contributed by atoms with Crippen LogP contribution >= 0.6 is 0 Å². The second kappa shape index (κ2) is 8.05. The molecule has 3 aromatic rings. The van der Waals surface area contributed by atoms with Gasteiger partial charge in [-0.05, 0) is 30.2 Å². The maximum Gasteiger partial charge on any atom is 0.339 e. The van der Waals surface area contributed by atoms with Gasteiger partial charge in [0, 0.05) is 22.7 Å². The van der Waals surface area contributed by atoms with E-state index < -0.39 is 16.8 Å². The van der Waals surface area contributed by atoms with Crippen LogP contribution in [0.5, 0.6) is 0 Å². The number of para-hydroxylation sites is 1. The first-order chi connectivity index (χ1) is 13.8. The van der Waals surface area contributed by atoms with E-state index in [0.29, 0.717) is 16.5 Å². The van der Waals surface area contributed by atoms with Crippen molar-refractivity contribution in [2.24, 2.45) is 5.73 Å². The Morgan fingerprint density at radius 3 is 2.55 bits per heavy atom. The molecule has 29 heavy (non-hydrogen) atoms. The van der Waals surface area contributed by atoms with Crippen molar-refractivity contribution in [2.45, 2.75) is 26.4 Å². The number of aromatic nitrogens is 1. The van der Waals surface area contributed by atoms with E-state index in [4.69, 9.17) is 10.5 Å². The number of ether oxygens (including phenoxy) is 1. The Morgan fingerprint density at radius 1 is 1.17 bits per heavy atom. The van der Waals surface area contributed by atoms with Crippen molar-refractivity contribution in [1.29, 1.82) is 0 Å². The summed E-state index contributed by atoms with van der Waals surface area (Å²) in [6.45, 7) is 3.62. The third-order valence-corrected chi connectivity index (χ3v) is 4.47. The number of benzene rings is 2. The fraction of sp³-hybridized carbons (Fsp3) is 0.190. The molecule has 8 heteroatoms. The quantitative estimate of drug-likeness (QED) is 0.386. The zero-order valence-electron chi connectivity index (χ0n) is 15.9. The Morgan fingerprint density at radius 2 is 1.90 bits per heavy atom. The summed E-state index contributed by atoms with van der Waals surface area (Å²) < 4.78 is 5.36. The Balaban J connectivity index is 1.92. The lowest BCUT2D eigenvalue weighted by Gasteiger charge is -2.12. The van der Waals surface area contributed by atoms with E-state index in [1.807, 2.05) is 26.0 Å². The molecule has 0 aliphatic heterocycles. The van der Waals surface area contributed by atoms with Crippen molar-refractivity contribution in [3.63, 3.8) is 0 Å². The number of primary amides is 1. The number of pyridine rings is 1. The summed E-state index contributed by atoms with van der Waals surface area (Å²) in [4.78, 5) is 39.3. The predicted molar refractivity (Wildman–Crippen MR) is 107 cm³/mol. The van der Waals surface area contributed by atoms with Crippen LogP contribution in [0, 0.1) is 10.1 Å². The van der Waals surface area contributed by atoms with E-state index >= 15 is 0 Å². The van der Waals surface area contributed by atoms with E-state index in [9.17, 15) is 19.7 Å². The van der Waals surface area contributed by atoms with Gasteiger partial charge < -0.3 is 10.5 Å². The van der Waals surface area contributed by atoms with Crippen LogP contribution in [0.2, 0.25) is 0 Å². The average molecular weight is 393 g/mol. The van der Waals surface area contributed by atoms with Gasteiger partial charge in [0.15, 0.2) is 0 Å². The minimum absolute atomic E-state index is 0.00785. The van der Waals surface area contributed by atoms with Gasteiger partial charge in [-0.25, -0.2) is 4.79 Å². The normalized spacial score (nSPS) is 10.9. The highest BCUT2D eigenvalue weighted by Gasteiger charge is 2.20. The molecule has 148 valence electrons. The summed E-state index contributed by atoms with van der Waals surface area (Å²) in [5.74, 6) is -1.28. The molecule has 0 bridgehead atoms. The van der Waals surface area contributed by atoms with E-state index in [2.05, 4.69) is 4.98 Å². The molecule has 1 aromatic heterocycles. The van der Waals surface area contributed by atoms with E-state index in [0.717, 1.165) is 11.8 Å². The number of nitro benzene ring substituents is 1. The fourth-order valence-corrected chi connectivity index (χ4v) is 2.89. The number of nitrogens with two attached hydrogens (primary N) is 1. The molecule has 0 aliphatic rings. The molecular weight excluding hydrogens is 374 g/mol. The maximum atomic E-state index is 12.8. The first-order valence-corrected chi connectivity index (χ1v) is 8.92. The number of carbonyl (C=O) groups excluding carboxylic acids is 2. The largest absolute Gasteiger partial charge is 0.457 e. The van der Waals surface area contributed by atoms with Crippen molar-refractivity contribution in [3.05, 3.63) is 81.0 Å². The lowest BCUT2D eigenvalue weighted by molar-refractivity contribution is -0.385. The van der Waals surface area contributed by atoms with Crippen molar-refractivity contribution in [1.82, 2.24) is 4.98 Å². The number of fused-ring (bicyclic) bond motifs is 1. The third-order valence-electron chi connectivity index (χ3n) is 4.47. The Kier molecular flexibility index (Phi) is 5.54. The molecule has 0 radical (unpaired) electrons. The lowest BCUT2D eigenvalue weighted by atomic mass is 10.0. The zero-order valence-corrected chi connectivity index (χ0v) is 15.9. The number of hydrogen-bond acceptors (Lipinski definition) is 6. The highest BCUT2D eigenvalue weighted by molar-refractivity contribution is 6.03. The van der Waals surface area contributed by atoms with Crippen LogP contribution in [0.1, 0.15) is 51.7 Å². The van der Waals surface area contributed by atoms with Crippen molar-refractivity contribution < 1.29 is 19.2 Å². The van der Waals surface area contributed by atoms with Gasteiger partial charge in [-0.1, -0.05) is 32.0 Å². The number of rotatable bonds is 6. The van der Waals surface area contributed by atoms with E-state index in [-0.39, 0.29) is 29.3 Å². The molecule has 0 saturated carbocycles. The van der Waals surface area contributed by atoms with Crippen LogP contribution in [0.3, 0.4) is 0 Å². The minimum atomic E-state index is -0.777. The lowest BCUT2D eigenvalue weighted by Crippen LogP contribution is -2.12. The smallest absolute Gasteiger partial charge is 0.339 e. The van der Waals surface area contributed by atoms with Gasteiger partial charge in [0.1, 0.15) is 6.61 Å². The second-order valence-corrected chi connectivity index (χ2v) is 6.81.